The van der Waals surface area contributed by atoms with E-state index in [0.717, 1.165) is 11.3 Å². The van der Waals surface area contributed by atoms with Crippen molar-refractivity contribution >= 4 is 5.91 Å². The molecule has 1 atom stereocenters. The molecule has 0 aliphatic rings. The van der Waals surface area contributed by atoms with E-state index in [1.54, 1.807) is 38.3 Å². The van der Waals surface area contributed by atoms with Crippen molar-refractivity contribution in [1.82, 2.24) is 20.4 Å². The summed E-state index contributed by atoms with van der Waals surface area (Å²) >= 11 is 0. The quantitative estimate of drug-likeness (QED) is 0.580. The molecule has 0 saturated carbocycles. The molecule has 0 spiro atoms. The lowest BCUT2D eigenvalue weighted by Crippen LogP contribution is -2.34. The second-order valence-electron chi connectivity index (χ2n) is 7.01. The first-order valence-corrected chi connectivity index (χ1v) is 9.57. The Balaban J connectivity index is 1.57. The van der Waals surface area contributed by atoms with Crippen LogP contribution in [-0.4, -0.2) is 48.7 Å². The van der Waals surface area contributed by atoms with Crippen LogP contribution < -0.4 is 14.8 Å². The fourth-order valence-corrected chi connectivity index (χ4v) is 2.99. The predicted octanol–water partition coefficient (Wildman–Crippen LogP) is 3.00. The molecule has 1 aromatic heterocycles. The number of aryl methyl sites for hydroxylation is 1. The van der Waals surface area contributed by atoms with Crippen molar-refractivity contribution in [3.8, 4) is 11.5 Å². The van der Waals surface area contributed by atoms with Gasteiger partial charge in [0, 0.05) is 19.0 Å². The molecule has 1 unspecified atom stereocenters. The Kier molecular flexibility index (Phi) is 7.03. The first-order chi connectivity index (χ1) is 14.5. The van der Waals surface area contributed by atoms with Crippen LogP contribution in [0.2, 0.25) is 0 Å². The topological polar surface area (TPSA) is 89.7 Å². The molecule has 1 amide bonds. The summed E-state index contributed by atoms with van der Waals surface area (Å²) < 4.78 is 15.8. The number of nitrogens with zero attached hydrogens (tertiary/aromatic N) is 3. The lowest BCUT2D eigenvalue weighted by atomic mass is 10.1. The highest BCUT2D eigenvalue weighted by molar-refractivity contribution is 5.94. The number of likely N-dealkylation sites (N-methyl/N-ethyl adjacent to an activating group) is 1. The normalized spacial score (nSPS) is 11.9. The van der Waals surface area contributed by atoms with Crippen molar-refractivity contribution in [3.63, 3.8) is 0 Å². The molecule has 0 bridgehead atoms. The number of ether oxygens (including phenoxy) is 2. The van der Waals surface area contributed by atoms with Gasteiger partial charge in [-0.1, -0.05) is 17.3 Å². The maximum absolute atomic E-state index is 12.6. The Morgan fingerprint density at radius 1 is 1.17 bits per heavy atom. The van der Waals surface area contributed by atoms with Gasteiger partial charge in [-0.05, 0) is 56.1 Å². The van der Waals surface area contributed by atoms with Gasteiger partial charge in [0.1, 0.15) is 11.5 Å². The average Bonchev–Trinajstić information content (AvgIpc) is 3.17. The van der Waals surface area contributed by atoms with E-state index in [1.807, 2.05) is 38.4 Å². The molecular weight excluding hydrogens is 384 g/mol. The number of methoxy groups -OCH3 is 1. The van der Waals surface area contributed by atoms with Gasteiger partial charge < -0.3 is 24.2 Å². The number of benzene rings is 2. The molecular formula is C22H26N4O4. The molecule has 2 aromatic carbocycles. The molecule has 0 aliphatic carbocycles. The van der Waals surface area contributed by atoms with Crippen LogP contribution in [0, 0.1) is 6.92 Å². The van der Waals surface area contributed by atoms with Crippen LogP contribution >= 0.6 is 0 Å². The van der Waals surface area contributed by atoms with Crippen molar-refractivity contribution in [2.24, 2.45) is 0 Å². The highest BCUT2D eigenvalue weighted by atomic mass is 16.5. The minimum Gasteiger partial charge on any atom is -0.497 e. The Bertz CT molecular complexity index is 969. The van der Waals surface area contributed by atoms with E-state index in [-0.39, 0.29) is 18.6 Å². The molecule has 8 heteroatoms. The van der Waals surface area contributed by atoms with Crippen LogP contribution in [0.3, 0.4) is 0 Å². The summed E-state index contributed by atoms with van der Waals surface area (Å²) in [6.45, 7) is 2.39. The molecule has 158 valence electrons. The van der Waals surface area contributed by atoms with E-state index < -0.39 is 0 Å². The minimum atomic E-state index is -0.148. The number of hydrogen-bond acceptors (Lipinski definition) is 7. The molecule has 1 N–H and O–H groups in total. The Labute approximate surface area is 175 Å². The highest BCUT2D eigenvalue weighted by Crippen LogP contribution is 2.22. The number of hydrogen-bond donors (Lipinski definition) is 1. The largest absolute Gasteiger partial charge is 0.497 e. The second kappa shape index (κ2) is 9.89. The van der Waals surface area contributed by atoms with Crippen LogP contribution in [-0.2, 0) is 6.61 Å². The summed E-state index contributed by atoms with van der Waals surface area (Å²) in [6, 6.07) is 14.8. The molecule has 0 fully saturated rings. The molecule has 1 heterocycles. The van der Waals surface area contributed by atoms with Gasteiger partial charge in [-0.2, -0.15) is 4.98 Å². The zero-order valence-electron chi connectivity index (χ0n) is 17.6. The van der Waals surface area contributed by atoms with E-state index in [9.17, 15) is 4.79 Å². The third-order valence-corrected chi connectivity index (χ3v) is 4.61. The van der Waals surface area contributed by atoms with Gasteiger partial charge in [-0.3, -0.25) is 4.79 Å². The summed E-state index contributed by atoms with van der Waals surface area (Å²) in [7, 11) is 5.60. The average molecular weight is 410 g/mol. The minimum absolute atomic E-state index is 0.0186. The smallest absolute Gasteiger partial charge is 0.251 e. The van der Waals surface area contributed by atoms with Gasteiger partial charge in [-0.25, -0.2) is 0 Å². The summed E-state index contributed by atoms with van der Waals surface area (Å²) in [5.41, 5.74) is 1.63. The standard InChI is InChI=1S/C22H26N4O4/c1-15-24-21(25-30-15)14-29-18-10-8-16(9-11-18)22(27)23-13-20(26(2)3)17-6-5-7-19(12-17)28-4/h5-12,20H,13-14H2,1-4H3,(H,23,27). The van der Waals surface area contributed by atoms with E-state index in [1.165, 1.54) is 0 Å². The summed E-state index contributed by atoms with van der Waals surface area (Å²) in [5, 5.41) is 6.78. The molecule has 8 nitrogen and oxygen atoms in total. The third kappa shape index (κ3) is 5.57. The number of amides is 1. The van der Waals surface area contributed by atoms with E-state index >= 15 is 0 Å². The fourth-order valence-electron chi connectivity index (χ4n) is 2.99. The lowest BCUT2D eigenvalue weighted by molar-refractivity contribution is 0.0942. The first-order valence-electron chi connectivity index (χ1n) is 9.57. The summed E-state index contributed by atoms with van der Waals surface area (Å²) in [6.07, 6.45) is 0. The van der Waals surface area contributed by atoms with Crippen LogP contribution in [0.4, 0.5) is 0 Å². The van der Waals surface area contributed by atoms with Crippen molar-refractivity contribution in [2.75, 3.05) is 27.7 Å². The van der Waals surface area contributed by atoms with Crippen molar-refractivity contribution in [1.29, 1.82) is 0 Å². The SMILES string of the molecule is COc1cccc(C(CNC(=O)c2ccc(OCc3noc(C)n3)cc2)N(C)C)c1. The van der Waals surface area contributed by atoms with Crippen molar-refractivity contribution < 1.29 is 18.8 Å². The Morgan fingerprint density at radius 3 is 2.57 bits per heavy atom. The monoisotopic (exact) mass is 410 g/mol. The number of rotatable bonds is 9. The van der Waals surface area contributed by atoms with Gasteiger partial charge >= 0.3 is 0 Å². The molecule has 3 rings (SSSR count). The van der Waals surface area contributed by atoms with Crippen LogP contribution in [0.15, 0.2) is 53.1 Å². The second-order valence-corrected chi connectivity index (χ2v) is 7.01. The van der Waals surface area contributed by atoms with Crippen LogP contribution in [0.1, 0.15) is 33.7 Å². The lowest BCUT2D eigenvalue weighted by Gasteiger charge is -2.25. The van der Waals surface area contributed by atoms with Gasteiger partial charge in [0.2, 0.25) is 11.7 Å². The third-order valence-electron chi connectivity index (χ3n) is 4.61. The van der Waals surface area contributed by atoms with Gasteiger partial charge in [0.15, 0.2) is 6.61 Å². The Hall–Kier alpha value is -3.39. The number of nitrogens with one attached hydrogen (secondary N) is 1. The van der Waals surface area contributed by atoms with Crippen LogP contribution in [0.5, 0.6) is 11.5 Å². The Morgan fingerprint density at radius 2 is 1.93 bits per heavy atom. The van der Waals surface area contributed by atoms with Crippen molar-refractivity contribution in [3.05, 3.63) is 71.4 Å². The van der Waals surface area contributed by atoms with Crippen molar-refractivity contribution in [2.45, 2.75) is 19.6 Å². The van der Waals surface area contributed by atoms with Gasteiger partial charge in [0.25, 0.3) is 5.91 Å². The molecule has 30 heavy (non-hydrogen) atoms. The molecule has 0 aliphatic heterocycles. The van der Waals surface area contributed by atoms with E-state index in [4.69, 9.17) is 14.0 Å². The zero-order valence-corrected chi connectivity index (χ0v) is 17.6. The summed E-state index contributed by atoms with van der Waals surface area (Å²) in [5.74, 6) is 2.23. The molecule has 3 aromatic rings. The maximum atomic E-state index is 12.6. The first kappa shape index (κ1) is 21.3. The number of carbonyl (C=O) groups is 1. The zero-order chi connectivity index (χ0) is 21.5. The molecule has 0 radical (unpaired) electrons. The van der Waals surface area contributed by atoms with Crippen LogP contribution in [0.25, 0.3) is 0 Å². The van der Waals surface area contributed by atoms with Gasteiger partial charge in [0.05, 0.1) is 13.2 Å². The fraction of sp³-hybridized carbons (Fsp3) is 0.318. The highest BCUT2D eigenvalue weighted by Gasteiger charge is 2.16. The van der Waals surface area contributed by atoms with Gasteiger partial charge in [-0.15, -0.1) is 0 Å². The maximum Gasteiger partial charge on any atom is 0.251 e. The summed E-state index contributed by atoms with van der Waals surface area (Å²) in [4.78, 5) is 18.7. The van der Waals surface area contributed by atoms with E-state index in [2.05, 4.69) is 20.4 Å². The predicted molar refractivity (Wildman–Crippen MR) is 112 cm³/mol. The van der Waals surface area contributed by atoms with E-state index in [0.29, 0.717) is 29.6 Å². The number of aromatic nitrogens is 2. The number of carbonyl (C=O) groups excluding carboxylic acids is 1. The molecule has 0 saturated heterocycles.